The van der Waals surface area contributed by atoms with Gasteiger partial charge in [0.15, 0.2) is 0 Å². The van der Waals surface area contributed by atoms with Crippen LogP contribution in [0.5, 0.6) is 0 Å². The molecular formula is C19H15IO2. The molecule has 1 aliphatic rings. The Morgan fingerprint density at radius 3 is 2.23 bits per heavy atom. The van der Waals surface area contributed by atoms with E-state index < -0.39 is 5.79 Å². The van der Waals surface area contributed by atoms with Crippen LogP contribution in [0.3, 0.4) is 0 Å². The molecule has 1 saturated heterocycles. The Bertz CT molecular complexity index is 808. The fourth-order valence-electron chi connectivity index (χ4n) is 3.04. The van der Waals surface area contributed by atoms with Gasteiger partial charge in [-0.3, -0.25) is 0 Å². The smallest absolute Gasteiger partial charge is 0.223 e. The van der Waals surface area contributed by atoms with E-state index in [0.29, 0.717) is 13.2 Å². The molecule has 1 aliphatic heterocycles. The standard InChI is InChI=1S/C19H15IO2/c20-18-16-9-5-4-6-14(16)10-11-17(18)19(21-12-13-22-19)15-7-2-1-3-8-15/h1-11H,12-13H2. The first-order valence-corrected chi connectivity index (χ1v) is 8.40. The maximum atomic E-state index is 6.12. The van der Waals surface area contributed by atoms with E-state index in [1.165, 1.54) is 14.3 Å². The van der Waals surface area contributed by atoms with Crippen LogP contribution in [-0.4, -0.2) is 13.2 Å². The number of hydrogen-bond acceptors (Lipinski definition) is 2. The summed E-state index contributed by atoms with van der Waals surface area (Å²) in [7, 11) is 0. The average Bonchev–Trinajstić information content (AvgIpc) is 3.07. The van der Waals surface area contributed by atoms with Gasteiger partial charge in [-0.05, 0) is 33.4 Å². The van der Waals surface area contributed by atoms with Gasteiger partial charge in [0, 0.05) is 14.7 Å². The molecule has 3 aromatic rings. The molecule has 1 heterocycles. The molecule has 0 N–H and O–H groups in total. The lowest BCUT2D eigenvalue weighted by molar-refractivity contribution is -0.130. The molecule has 3 heteroatoms. The van der Waals surface area contributed by atoms with Crippen LogP contribution in [0, 0.1) is 3.57 Å². The number of benzene rings is 3. The van der Waals surface area contributed by atoms with E-state index in [-0.39, 0.29) is 0 Å². The maximum Gasteiger partial charge on any atom is 0.223 e. The van der Waals surface area contributed by atoms with Gasteiger partial charge in [-0.1, -0.05) is 66.7 Å². The molecule has 0 amide bonds. The van der Waals surface area contributed by atoms with Crippen LogP contribution < -0.4 is 0 Å². The first-order chi connectivity index (χ1) is 10.8. The maximum absolute atomic E-state index is 6.12. The third-order valence-electron chi connectivity index (χ3n) is 4.07. The fourth-order valence-corrected chi connectivity index (χ4v) is 4.06. The van der Waals surface area contributed by atoms with E-state index in [1.807, 2.05) is 18.2 Å². The van der Waals surface area contributed by atoms with Crippen molar-refractivity contribution in [2.24, 2.45) is 0 Å². The van der Waals surface area contributed by atoms with Crippen LogP contribution in [0.25, 0.3) is 10.8 Å². The van der Waals surface area contributed by atoms with Crippen LogP contribution in [0.1, 0.15) is 11.1 Å². The largest absolute Gasteiger partial charge is 0.340 e. The molecule has 0 saturated carbocycles. The van der Waals surface area contributed by atoms with Crippen molar-refractivity contribution in [3.8, 4) is 0 Å². The Kier molecular flexibility index (Phi) is 3.64. The summed E-state index contributed by atoms with van der Waals surface area (Å²) in [5, 5.41) is 2.46. The zero-order chi connectivity index (χ0) is 15.0. The highest BCUT2D eigenvalue weighted by atomic mass is 127. The lowest BCUT2D eigenvalue weighted by Crippen LogP contribution is -2.29. The number of fused-ring (bicyclic) bond motifs is 1. The lowest BCUT2D eigenvalue weighted by Gasteiger charge is -2.29. The highest BCUT2D eigenvalue weighted by molar-refractivity contribution is 14.1. The number of ether oxygens (including phenoxy) is 2. The summed E-state index contributed by atoms with van der Waals surface area (Å²) in [4.78, 5) is 0. The minimum Gasteiger partial charge on any atom is -0.340 e. The van der Waals surface area contributed by atoms with Crippen molar-refractivity contribution in [2.45, 2.75) is 5.79 Å². The minimum absolute atomic E-state index is 0.609. The second kappa shape index (κ2) is 5.65. The normalized spacial score (nSPS) is 17.0. The Morgan fingerprint density at radius 1 is 0.773 bits per heavy atom. The van der Waals surface area contributed by atoms with E-state index >= 15 is 0 Å². The van der Waals surface area contributed by atoms with Gasteiger partial charge in [0.05, 0.1) is 13.2 Å². The summed E-state index contributed by atoms with van der Waals surface area (Å²) in [6.45, 7) is 1.22. The first-order valence-electron chi connectivity index (χ1n) is 7.32. The third-order valence-corrected chi connectivity index (χ3v) is 5.23. The molecule has 2 nitrogen and oxygen atoms in total. The molecule has 0 aliphatic carbocycles. The Hall–Kier alpha value is -1.43. The Morgan fingerprint density at radius 2 is 1.45 bits per heavy atom. The van der Waals surface area contributed by atoms with E-state index in [4.69, 9.17) is 9.47 Å². The molecule has 0 radical (unpaired) electrons. The summed E-state index contributed by atoms with van der Waals surface area (Å²) in [5.74, 6) is -0.790. The summed E-state index contributed by atoms with van der Waals surface area (Å²) < 4.78 is 13.4. The van der Waals surface area contributed by atoms with Gasteiger partial charge in [-0.2, -0.15) is 0 Å². The van der Waals surface area contributed by atoms with Crippen LogP contribution in [-0.2, 0) is 15.3 Å². The van der Waals surface area contributed by atoms with Crippen molar-refractivity contribution in [2.75, 3.05) is 13.2 Å². The van der Waals surface area contributed by atoms with Crippen molar-refractivity contribution in [3.63, 3.8) is 0 Å². The van der Waals surface area contributed by atoms with Gasteiger partial charge >= 0.3 is 0 Å². The predicted octanol–water partition coefficient (Wildman–Crippen LogP) is 4.69. The lowest BCUT2D eigenvalue weighted by atomic mass is 9.95. The zero-order valence-corrected chi connectivity index (χ0v) is 14.1. The Labute approximate surface area is 143 Å². The summed E-state index contributed by atoms with van der Waals surface area (Å²) in [5.41, 5.74) is 2.12. The first kappa shape index (κ1) is 14.2. The van der Waals surface area contributed by atoms with Gasteiger partial charge < -0.3 is 9.47 Å². The molecule has 1 fully saturated rings. The molecular weight excluding hydrogens is 387 g/mol. The zero-order valence-electron chi connectivity index (χ0n) is 12.0. The quantitative estimate of drug-likeness (QED) is 0.579. The second-order valence-electron chi connectivity index (χ2n) is 5.33. The monoisotopic (exact) mass is 402 g/mol. The van der Waals surface area contributed by atoms with E-state index in [0.717, 1.165) is 11.1 Å². The second-order valence-corrected chi connectivity index (χ2v) is 6.41. The van der Waals surface area contributed by atoms with E-state index in [1.54, 1.807) is 0 Å². The fraction of sp³-hybridized carbons (Fsp3) is 0.158. The highest BCUT2D eigenvalue weighted by Crippen LogP contribution is 2.42. The predicted molar refractivity (Wildman–Crippen MR) is 95.8 cm³/mol. The topological polar surface area (TPSA) is 18.5 Å². The molecule has 22 heavy (non-hydrogen) atoms. The molecule has 3 aromatic carbocycles. The third kappa shape index (κ3) is 2.16. The molecule has 0 unspecified atom stereocenters. The Balaban J connectivity index is 1.97. The van der Waals surface area contributed by atoms with Crippen LogP contribution in [0.4, 0.5) is 0 Å². The van der Waals surface area contributed by atoms with Crippen molar-refractivity contribution < 1.29 is 9.47 Å². The van der Waals surface area contributed by atoms with Gasteiger partial charge in [0.2, 0.25) is 5.79 Å². The van der Waals surface area contributed by atoms with Crippen molar-refractivity contribution >= 4 is 33.4 Å². The highest BCUT2D eigenvalue weighted by Gasteiger charge is 2.42. The van der Waals surface area contributed by atoms with Gasteiger partial charge in [0.25, 0.3) is 0 Å². The van der Waals surface area contributed by atoms with Crippen molar-refractivity contribution in [1.29, 1.82) is 0 Å². The van der Waals surface area contributed by atoms with Gasteiger partial charge in [0.1, 0.15) is 0 Å². The van der Waals surface area contributed by atoms with E-state index in [2.05, 4.69) is 71.1 Å². The summed E-state index contributed by atoms with van der Waals surface area (Å²) >= 11 is 2.41. The average molecular weight is 402 g/mol. The molecule has 4 rings (SSSR count). The van der Waals surface area contributed by atoms with Gasteiger partial charge in [-0.25, -0.2) is 0 Å². The van der Waals surface area contributed by atoms with Crippen LogP contribution >= 0.6 is 22.6 Å². The van der Waals surface area contributed by atoms with Gasteiger partial charge in [-0.15, -0.1) is 0 Å². The molecule has 0 bridgehead atoms. The molecule has 0 atom stereocenters. The molecule has 0 aromatic heterocycles. The summed E-state index contributed by atoms with van der Waals surface area (Å²) in [6.07, 6.45) is 0. The van der Waals surface area contributed by atoms with Crippen molar-refractivity contribution in [1.82, 2.24) is 0 Å². The van der Waals surface area contributed by atoms with Crippen molar-refractivity contribution in [3.05, 3.63) is 81.4 Å². The number of rotatable bonds is 2. The number of hydrogen-bond donors (Lipinski definition) is 0. The molecule has 0 spiro atoms. The van der Waals surface area contributed by atoms with Crippen LogP contribution in [0.15, 0.2) is 66.7 Å². The summed E-state index contributed by atoms with van der Waals surface area (Å²) in [6, 6.07) is 22.9. The molecule has 110 valence electrons. The SMILES string of the molecule is Ic1c(C2(c3ccccc3)OCCO2)ccc2ccccc12. The van der Waals surface area contributed by atoms with E-state index in [9.17, 15) is 0 Å². The van der Waals surface area contributed by atoms with Crippen LogP contribution in [0.2, 0.25) is 0 Å². The minimum atomic E-state index is -0.790. The number of halogens is 1.